The summed E-state index contributed by atoms with van der Waals surface area (Å²) >= 11 is 1.57. The monoisotopic (exact) mass is 307 g/mol. The van der Waals surface area contributed by atoms with E-state index < -0.39 is 5.97 Å². The molecule has 3 rings (SSSR count). The van der Waals surface area contributed by atoms with Crippen LogP contribution in [0.5, 0.6) is 0 Å². The summed E-state index contributed by atoms with van der Waals surface area (Å²) in [6.07, 6.45) is 2.23. The Labute approximate surface area is 126 Å². The maximum absolute atomic E-state index is 10.8. The van der Waals surface area contributed by atoms with E-state index in [1.54, 1.807) is 11.3 Å². The molecule has 1 atom stereocenters. The third-order valence-corrected chi connectivity index (χ3v) is 4.48. The molecule has 1 aliphatic heterocycles. The molecular formula is C14H17N3O3S. The summed E-state index contributed by atoms with van der Waals surface area (Å²) in [7, 11) is 0. The zero-order valence-corrected chi connectivity index (χ0v) is 12.4. The standard InChI is InChI=1S/C14H17N3O3S/c18-13(19)7-10-3-1-5-17(8-10)9-12-15-16-14(20-12)11-4-2-6-21-11/h2,4,6,10H,1,3,5,7-9H2,(H,18,19). The number of thiophene rings is 1. The fourth-order valence-electron chi connectivity index (χ4n) is 2.72. The van der Waals surface area contributed by atoms with Gasteiger partial charge in [-0.3, -0.25) is 9.69 Å². The van der Waals surface area contributed by atoms with Crippen LogP contribution in [0.15, 0.2) is 21.9 Å². The summed E-state index contributed by atoms with van der Waals surface area (Å²) < 4.78 is 5.68. The molecule has 1 fully saturated rings. The van der Waals surface area contributed by atoms with Gasteiger partial charge in [0.25, 0.3) is 5.89 Å². The summed E-state index contributed by atoms with van der Waals surface area (Å²) in [4.78, 5) is 14.0. The normalized spacial score (nSPS) is 19.7. The van der Waals surface area contributed by atoms with Gasteiger partial charge in [-0.1, -0.05) is 6.07 Å². The Kier molecular flexibility index (Phi) is 4.31. The van der Waals surface area contributed by atoms with Crippen LogP contribution in [-0.2, 0) is 11.3 Å². The Morgan fingerprint density at radius 2 is 2.43 bits per heavy atom. The first-order valence-electron chi connectivity index (χ1n) is 7.01. The van der Waals surface area contributed by atoms with E-state index in [-0.39, 0.29) is 12.3 Å². The molecule has 0 radical (unpaired) electrons. The summed E-state index contributed by atoms with van der Waals surface area (Å²) in [6, 6.07) is 3.90. The van der Waals surface area contributed by atoms with Crippen molar-refractivity contribution in [1.82, 2.24) is 15.1 Å². The van der Waals surface area contributed by atoms with Crippen molar-refractivity contribution in [1.29, 1.82) is 0 Å². The molecule has 1 N–H and O–H groups in total. The molecule has 1 saturated heterocycles. The van der Waals surface area contributed by atoms with Gasteiger partial charge in [0.1, 0.15) is 0 Å². The Morgan fingerprint density at radius 1 is 1.52 bits per heavy atom. The van der Waals surface area contributed by atoms with Crippen molar-refractivity contribution in [2.75, 3.05) is 13.1 Å². The first-order chi connectivity index (χ1) is 10.2. The Morgan fingerprint density at radius 3 is 3.19 bits per heavy atom. The summed E-state index contributed by atoms with van der Waals surface area (Å²) in [5.41, 5.74) is 0. The lowest BCUT2D eigenvalue weighted by molar-refractivity contribution is -0.138. The van der Waals surface area contributed by atoms with E-state index in [0.29, 0.717) is 18.3 Å². The highest BCUT2D eigenvalue weighted by Crippen LogP contribution is 2.25. The van der Waals surface area contributed by atoms with Crippen molar-refractivity contribution >= 4 is 17.3 Å². The fraction of sp³-hybridized carbons (Fsp3) is 0.500. The van der Waals surface area contributed by atoms with Crippen molar-refractivity contribution in [2.45, 2.75) is 25.8 Å². The number of hydrogen-bond acceptors (Lipinski definition) is 6. The lowest BCUT2D eigenvalue weighted by Crippen LogP contribution is -2.35. The first-order valence-corrected chi connectivity index (χ1v) is 7.89. The molecule has 112 valence electrons. The van der Waals surface area contributed by atoms with Gasteiger partial charge in [0.2, 0.25) is 5.89 Å². The predicted molar refractivity (Wildman–Crippen MR) is 77.9 cm³/mol. The second-order valence-electron chi connectivity index (χ2n) is 5.32. The molecule has 0 aromatic carbocycles. The van der Waals surface area contributed by atoms with Crippen molar-refractivity contribution in [2.24, 2.45) is 5.92 Å². The highest BCUT2D eigenvalue weighted by Gasteiger charge is 2.23. The summed E-state index contributed by atoms with van der Waals surface area (Å²) in [5, 5.41) is 19.0. The molecule has 7 heteroatoms. The summed E-state index contributed by atoms with van der Waals surface area (Å²) in [6.45, 7) is 2.32. The van der Waals surface area contributed by atoms with E-state index in [9.17, 15) is 4.79 Å². The van der Waals surface area contributed by atoms with Gasteiger partial charge in [-0.25, -0.2) is 0 Å². The molecule has 2 aromatic heterocycles. The molecule has 3 heterocycles. The van der Waals surface area contributed by atoms with E-state index in [0.717, 1.165) is 30.8 Å². The molecule has 1 aliphatic rings. The highest BCUT2D eigenvalue weighted by molar-refractivity contribution is 7.13. The molecule has 0 aliphatic carbocycles. The van der Waals surface area contributed by atoms with Crippen LogP contribution in [0.3, 0.4) is 0 Å². The number of carbonyl (C=O) groups is 1. The SMILES string of the molecule is O=C(O)CC1CCCN(Cc2nnc(-c3cccs3)o2)C1. The minimum atomic E-state index is -0.723. The van der Waals surface area contributed by atoms with Crippen molar-refractivity contribution in [3.63, 3.8) is 0 Å². The van der Waals surface area contributed by atoms with Crippen molar-refractivity contribution in [3.8, 4) is 10.8 Å². The van der Waals surface area contributed by atoms with Gasteiger partial charge < -0.3 is 9.52 Å². The van der Waals surface area contributed by atoms with Gasteiger partial charge in [0.15, 0.2) is 0 Å². The zero-order chi connectivity index (χ0) is 14.7. The van der Waals surface area contributed by atoms with Crippen LogP contribution in [-0.4, -0.2) is 39.3 Å². The number of carboxylic acids is 1. The summed E-state index contributed by atoms with van der Waals surface area (Å²) in [5.74, 6) is 0.643. The quantitative estimate of drug-likeness (QED) is 0.914. The number of aromatic nitrogens is 2. The predicted octanol–water partition coefficient (Wildman–Crippen LogP) is 2.48. The topological polar surface area (TPSA) is 79.5 Å². The van der Waals surface area contributed by atoms with Crippen LogP contribution in [0.1, 0.15) is 25.2 Å². The van der Waals surface area contributed by atoms with Crippen LogP contribution < -0.4 is 0 Å². The van der Waals surface area contributed by atoms with E-state index in [1.165, 1.54) is 0 Å². The molecule has 0 bridgehead atoms. The van der Waals surface area contributed by atoms with Crippen LogP contribution in [0.25, 0.3) is 10.8 Å². The smallest absolute Gasteiger partial charge is 0.303 e. The Balaban J connectivity index is 1.60. The van der Waals surface area contributed by atoms with E-state index in [2.05, 4.69) is 15.1 Å². The molecule has 21 heavy (non-hydrogen) atoms. The third kappa shape index (κ3) is 3.68. The van der Waals surface area contributed by atoms with Crippen LogP contribution in [0.2, 0.25) is 0 Å². The van der Waals surface area contributed by atoms with E-state index >= 15 is 0 Å². The van der Waals surface area contributed by atoms with Gasteiger partial charge in [-0.15, -0.1) is 21.5 Å². The average molecular weight is 307 g/mol. The van der Waals surface area contributed by atoms with Crippen LogP contribution in [0.4, 0.5) is 0 Å². The molecule has 0 saturated carbocycles. The Bertz CT molecular complexity index is 596. The number of piperidine rings is 1. The minimum Gasteiger partial charge on any atom is -0.481 e. The second kappa shape index (κ2) is 6.36. The zero-order valence-electron chi connectivity index (χ0n) is 11.6. The van der Waals surface area contributed by atoms with E-state index in [1.807, 2.05) is 17.5 Å². The van der Waals surface area contributed by atoms with Gasteiger partial charge in [-0.2, -0.15) is 0 Å². The minimum absolute atomic E-state index is 0.218. The third-order valence-electron chi connectivity index (χ3n) is 3.62. The maximum atomic E-state index is 10.8. The molecular weight excluding hydrogens is 290 g/mol. The number of likely N-dealkylation sites (tertiary alicyclic amines) is 1. The van der Waals surface area contributed by atoms with E-state index in [4.69, 9.17) is 9.52 Å². The number of rotatable bonds is 5. The molecule has 2 aromatic rings. The van der Waals surface area contributed by atoms with Crippen LogP contribution in [0, 0.1) is 5.92 Å². The van der Waals surface area contributed by atoms with Crippen molar-refractivity contribution < 1.29 is 14.3 Å². The highest BCUT2D eigenvalue weighted by atomic mass is 32.1. The van der Waals surface area contributed by atoms with Gasteiger partial charge in [0.05, 0.1) is 11.4 Å². The lowest BCUT2D eigenvalue weighted by Gasteiger charge is -2.30. The van der Waals surface area contributed by atoms with Crippen molar-refractivity contribution in [3.05, 3.63) is 23.4 Å². The number of nitrogens with zero attached hydrogens (tertiary/aromatic N) is 3. The van der Waals surface area contributed by atoms with Gasteiger partial charge in [-0.05, 0) is 36.8 Å². The molecule has 6 nitrogen and oxygen atoms in total. The maximum Gasteiger partial charge on any atom is 0.303 e. The lowest BCUT2D eigenvalue weighted by atomic mass is 9.95. The molecule has 1 unspecified atom stereocenters. The first kappa shape index (κ1) is 14.2. The second-order valence-corrected chi connectivity index (χ2v) is 6.27. The number of aliphatic carboxylic acids is 1. The largest absolute Gasteiger partial charge is 0.481 e. The number of carboxylic acid groups (broad SMARTS) is 1. The Hall–Kier alpha value is -1.73. The average Bonchev–Trinajstić information content (AvgIpc) is 3.08. The molecule has 0 spiro atoms. The number of hydrogen-bond donors (Lipinski definition) is 1. The fourth-order valence-corrected chi connectivity index (χ4v) is 3.36. The molecule has 0 amide bonds. The van der Waals surface area contributed by atoms with Gasteiger partial charge in [0, 0.05) is 13.0 Å². The van der Waals surface area contributed by atoms with Crippen LogP contribution >= 0.6 is 11.3 Å². The van der Waals surface area contributed by atoms with Gasteiger partial charge >= 0.3 is 5.97 Å².